The fourth-order valence-corrected chi connectivity index (χ4v) is 2.74. The Balaban J connectivity index is 1.50. The minimum Gasteiger partial charge on any atom is -0.350 e. The first-order valence-electron chi connectivity index (χ1n) is 7.57. The van der Waals surface area contributed by atoms with Gasteiger partial charge in [-0.2, -0.15) is 5.10 Å². The van der Waals surface area contributed by atoms with Gasteiger partial charge in [0.2, 0.25) is 5.95 Å². The van der Waals surface area contributed by atoms with Gasteiger partial charge in [0.05, 0.1) is 11.9 Å². The van der Waals surface area contributed by atoms with Crippen LogP contribution in [0.3, 0.4) is 0 Å². The van der Waals surface area contributed by atoms with Crippen molar-refractivity contribution in [2.45, 2.75) is 18.4 Å². The molecular formula is C18H15FN4. The molecule has 0 spiro atoms. The van der Waals surface area contributed by atoms with Crippen molar-refractivity contribution in [2.75, 3.05) is 5.32 Å². The minimum atomic E-state index is -0.290. The highest BCUT2D eigenvalue weighted by Crippen LogP contribution is 2.42. The Hall–Kier alpha value is -2.82. The minimum absolute atomic E-state index is 0.290. The van der Waals surface area contributed by atoms with Crippen LogP contribution in [-0.4, -0.2) is 21.2 Å². The van der Waals surface area contributed by atoms with Crippen molar-refractivity contribution < 1.29 is 4.39 Å². The van der Waals surface area contributed by atoms with Gasteiger partial charge in [-0.25, -0.2) is 9.37 Å². The first-order chi connectivity index (χ1) is 11.3. The average molecular weight is 306 g/mol. The average Bonchev–Trinajstić information content (AvgIpc) is 3.35. The van der Waals surface area contributed by atoms with Gasteiger partial charge in [0.15, 0.2) is 0 Å². The van der Waals surface area contributed by atoms with E-state index in [0.717, 1.165) is 6.42 Å². The lowest BCUT2D eigenvalue weighted by molar-refractivity contribution is 0.628. The molecule has 1 aromatic heterocycles. The Labute approximate surface area is 133 Å². The van der Waals surface area contributed by atoms with Gasteiger partial charge in [-0.1, -0.05) is 42.5 Å². The van der Waals surface area contributed by atoms with Gasteiger partial charge in [-0.05, 0) is 24.1 Å². The third-order valence-corrected chi connectivity index (χ3v) is 4.01. The normalized spacial score (nSPS) is 19.3. The van der Waals surface area contributed by atoms with E-state index < -0.39 is 0 Å². The van der Waals surface area contributed by atoms with Crippen LogP contribution in [0.1, 0.15) is 17.9 Å². The van der Waals surface area contributed by atoms with Crippen molar-refractivity contribution in [2.24, 2.45) is 0 Å². The molecule has 4 rings (SSSR count). The summed E-state index contributed by atoms with van der Waals surface area (Å²) < 4.78 is 13.3. The fourth-order valence-electron chi connectivity index (χ4n) is 2.74. The number of hydrogen-bond acceptors (Lipinski definition) is 4. The number of hydrogen-bond donors (Lipinski definition) is 1. The van der Waals surface area contributed by atoms with Crippen molar-refractivity contribution in [1.29, 1.82) is 0 Å². The smallest absolute Gasteiger partial charge is 0.243 e. The Morgan fingerprint density at radius 3 is 2.74 bits per heavy atom. The van der Waals surface area contributed by atoms with Crippen molar-refractivity contribution in [1.82, 2.24) is 15.2 Å². The molecule has 0 unspecified atom stereocenters. The molecule has 0 radical (unpaired) electrons. The number of anilines is 1. The van der Waals surface area contributed by atoms with Crippen molar-refractivity contribution in [3.8, 4) is 11.3 Å². The zero-order chi connectivity index (χ0) is 15.6. The van der Waals surface area contributed by atoms with Crippen molar-refractivity contribution in [3.63, 3.8) is 0 Å². The van der Waals surface area contributed by atoms with E-state index in [-0.39, 0.29) is 5.82 Å². The van der Waals surface area contributed by atoms with Gasteiger partial charge >= 0.3 is 0 Å². The Morgan fingerprint density at radius 2 is 1.91 bits per heavy atom. The zero-order valence-electron chi connectivity index (χ0n) is 12.4. The van der Waals surface area contributed by atoms with Gasteiger partial charge in [0.25, 0.3) is 0 Å². The maximum absolute atomic E-state index is 13.3. The van der Waals surface area contributed by atoms with E-state index in [2.05, 4.69) is 32.6 Å². The molecule has 1 aliphatic carbocycles. The summed E-state index contributed by atoms with van der Waals surface area (Å²) >= 11 is 0. The predicted molar refractivity (Wildman–Crippen MR) is 86.4 cm³/mol. The summed E-state index contributed by atoms with van der Waals surface area (Å²) in [5, 5.41) is 11.3. The highest BCUT2D eigenvalue weighted by molar-refractivity contribution is 5.59. The van der Waals surface area contributed by atoms with Crippen LogP contribution in [0.2, 0.25) is 0 Å². The predicted octanol–water partition coefficient (Wildman–Crippen LogP) is 3.65. The molecule has 4 nitrogen and oxygen atoms in total. The summed E-state index contributed by atoms with van der Waals surface area (Å²) in [6, 6.07) is 17.0. The monoisotopic (exact) mass is 306 g/mol. The summed E-state index contributed by atoms with van der Waals surface area (Å²) in [5.41, 5.74) is 2.62. The Bertz CT molecular complexity index is 822. The van der Waals surface area contributed by atoms with Crippen LogP contribution in [0.15, 0.2) is 60.8 Å². The lowest BCUT2D eigenvalue weighted by Gasteiger charge is -2.06. The van der Waals surface area contributed by atoms with Gasteiger partial charge in [-0.15, -0.1) is 5.10 Å². The Morgan fingerprint density at radius 1 is 1.04 bits per heavy atom. The number of aromatic nitrogens is 3. The first kappa shape index (κ1) is 13.8. The quantitative estimate of drug-likeness (QED) is 0.799. The largest absolute Gasteiger partial charge is 0.350 e. The van der Waals surface area contributed by atoms with Gasteiger partial charge < -0.3 is 5.32 Å². The summed E-state index contributed by atoms with van der Waals surface area (Å²) in [4.78, 5) is 4.44. The molecular weight excluding hydrogens is 291 g/mol. The molecule has 1 N–H and O–H groups in total. The Kier molecular flexibility index (Phi) is 3.46. The number of nitrogens with zero attached hydrogens (tertiary/aromatic N) is 3. The molecule has 0 saturated heterocycles. The molecule has 1 fully saturated rings. The standard InChI is InChI=1S/C18H15FN4/c19-14-8-4-7-13(9-14)17-11-20-23-18(22-17)21-16-10-15(16)12-5-2-1-3-6-12/h1-9,11,15-16H,10H2,(H,21,22,23)/t15-,16+/m0/s1. The van der Waals surface area contributed by atoms with E-state index in [1.54, 1.807) is 18.3 Å². The third kappa shape index (κ3) is 3.04. The lowest BCUT2D eigenvalue weighted by atomic mass is 10.1. The summed E-state index contributed by atoms with van der Waals surface area (Å²) in [5.74, 6) is 0.676. The van der Waals surface area contributed by atoms with Crippen molar-refractivity contribution in [3.05, 3.63) is 72.2 Å². The maximum Gasteiger partial charge on any atom is 0.243 e. The topological polar surface area (TPSA) is 50.7 Å². The molecule has 0 aliphatic heterocycles. The van der Waals surface area contributed by atoms with Gasteiger partial charge in [-0.3, -0.25) is 0 Å². The van der Waals surface area contributed by atoms with Crippen LogP contribution >= 0.6 is 0 Å². The molecule has 1 saturated carbocycles. The lowest BCUT2D eigenvalue weighted by Crippen LogP contribution is -2.09. The second-order valence-electron chi connectivity index (χ2n) is 5.68. The van der Waals surface area contributed by atoms with Crippen molar-refractivity contribution >= 4 is 5.95 Å². The number of benzene rings is 2. The SMILES string of the molecule is Fc1cccc(-c2cnnc(N[C@@H]3C[C@H]3c3ccccc3)n2)c1. The molecule has 0 amide bonds. The second kappa shape index (κ2) is 5.76. The first-order valence-corrected chi connectivity index (χ1v) is 7.57. The summed E-state index contributed by atoms with van der Waals surface area (Å²) in [6.07, 6.45) is 2.60. The van der Waals surface area contributed by atoms with Crippen LogP contribution in [0.5, 0.6) is 0 Å². The fraction of sp³-hybridized carbons (Fsp3) is 0.167. The van der Waals surface area contributed by atoms with E-state index >= 15 is 0 Å². The molecule has 5 heteroatoms. The van der Waals surface area contributed by atoms with Crippen LogP contribution in [0.4, 0.5) is 10.3 Å². The molecule has 1 aliphatic rings. The van der Waals surface area contributed by atoms with E-state index in [1.807, 2.05) is 18.2 Å². The zero-order valence-corrected chi connectivity index (χ0v) is 12.4. The van der Waals surface area contributed by atoms with Crippen LogP contribution in [0.25, 0.3) is 11.3 Å². The van der Waals surface area contributed by atoms with E-state index in [0.29, 0.717) is 29.2 Å². The van der Waals surface area contributed by atoms with Gasteiger partial charge in [0, 0.05) is 17.5 Å². The highest BCUT2D eigenvalue weighted by atomic mass is 19.1. The molecule has 114 valence electrons. The third-order valence-electron chi connectivity index (χ3n) is 4.01. The van der Waals surface area contributed by atoms with Crippen LogP contribution in [0, 0.1) is 5.82 Å². The number of nitrogens with one attached hydrogen (secondary N) is 1. The maximum atomic E-state index is 13.3. The molecule has 0 bridgehead atoms. The molecule has 2 aromatic carbocycles. The number of halogens is 1. The van der Waals surface area contributed by atoms with E-state index in [4.69, 9.17) is 0 Å². The molecule has 1 heterocycles. The van der Waals surface area contributed by atoms with Crippen LogP contribution in [-0.2, 0) is 0 Å². The molecule has 23 heavy (non-hydrogen) atoms. The molecule has 2 atom stereocenters. The number of rotatable bonds is 4. The van der Waals surface area contributed by atoms with Gasteiger partial charge in [0.1, 0.15) is 5.82 Å². The summed E-state index contributed by atoms with van der Waals surface area (Å²) in [7, 11) is 0. The summed E-state index contributed by atoms with van der Waals surface area (Å²) in [6.45, 7) is 0. The molecule has 3 aromatic rings. The highest BCUT2D eigenvalue weighted by Gasteiger charge is 2.38. The second-order valence-corrected chi connectivity index (χ2v) is 5.68. The van der Waals surface area contributed by atoms with E-state index in [1.165, 1.54) is 17.7 Å². The van der Waals surface area contributed by atoms with E-state index in [9.17, 15) is 4.39 Å². The van der Waals surface area contributed by atoms with Crippen LogP contribution < -0.4 is 5.32 Å².